The van der Waals surface area contributed by atoms with E-state index in [-0.39, 0.29) is 18.9 Å². The van der Waals surface area contributed by atoms with E-state index >= 15 is 0 Å². The minimum Gasteiger partial charge on any atom is -0.495 e. The lowest BCUT2D eigenvalue weighted by Crippen LogP contribution is -2.26. The normalized spacial score (nSPS) is 11.5. The minimum atomic E-state index is -3.61. The van der Waals surface area contributed by atoms with E-state index < -0.39 is 10.0 Å². The molecule has 6 nitrogen and oxygen atoms in total. The Kier molecular flexibility index (Phi) is 7.20. The molecule has 0 atom stereocenters. The molecule has 2 aromatic rings. The van der Waals surface area contributed by atoms with Gasteiger partial charge in [-0.2, -0.15) is 0 Å². The Morgan fingerprint density at radius 2 is 1.92 bits per heavy atom. The van der Waals surface area contributed by atoms with Gasteiger partial charge in [-0.1, -0.05) is 41.9 Å². The smallest absolute Gasteiger partial charge is 0.233 e. The number of benzene rings is 2. The summed E-state index contributed by atoms with van der Waals surface area (Å²) in [6.07, 6.45) is 1.48. The first-order chi connectivity index (χ1) is 12.4. The summed E-state index contributed by atoms with van der Waals surface area (Å²) in [6, 6.07) is 13.9. The molecule has 0 aliphatic carbocycles. The van der Waals surface area contributed by atoms with Gasteiger partial charge in [0, 0.05) is 24.1 Å². The number of anilines is 1. The van der Waals surface area contributed by atoms with Crippen molar-refractivity contribution in [3.63, 3.8) is 0 Å². The number of nitrogens with one attached hydrogen (secondary N) is 2. The maximum absolute atomic E-state index is 11.9. The molecule has 0 spiro atoms. The van der Waals surface area contributed by atoms with Crippen molar-refractivity contribution >= 4 is 39.3 Å². The van der Waals surface area contributed by atoms with Crippen LogP contribution in [0, 0.1) is 0 Å². The molecule has 0 aliphatic rings. The molecule has 0 radical (unpaired) electrons. The first kappa shape index (κ1) is 20.0. The fourth-order valence-electron chi connectivity index (χ4n) is 2.05. The van der Waals surface area contributed by atoms with Crippen molar-refractivity contribution in [1.29, 1.82) is 0 Å². The number of carbonyl (C=O) groups excluding carboxylic acids is 1. The summed E-state index contributed by atoms with van der Waals surface area (Å²) < 4.78 is 31.2. The Hall–Kier alpha value is -2.35. The van der Waals surface area contributed by atoms with E-state index in [1.165, 1.54) is 13.2 Å². The van der Waals surface area contributed by atoms with Crippen molar-refractivity contribution < 1.29 is 17.9 Å². The van der Waals surface area contributed by atoms with Crippen LogP contribution in [0.2, 0.25) is 5.02 Å². The second-order valence-corrected chi connectivity index (χ2v) is 7.36. The molecule has 1 amide bonds. The molecule has 8 heteroatoms. The molecular formula is C18H19ClN2O4S. The van der Waals surface area contributed by atoms with Crippen molar-refractivity contribution in [1.82, 2.24) is 4.72 Å². The van der Waals surface area contributed by atoms with Crippen LogP contribution in [0.15, 0.2) is 53.9 Å². The summed E-state index contributed by atoms with van der Waals surface area (Å²) >= 11 is 5.99. The fraction of sp³-hybridized carbons (Fsp3) is 0.167. The van der Waals surface area contributed by atoms with E-state index in [2.05, 4.69) is 10.0 Å². The van der Waals surface area contributed by atoms with Crippen LogP contribution < -0.4 is 14.8 Å². The summed E-state index contributed by atoms with van der Waals surface area (Å²) in [7, 11) is -2.11. The Morgan fingerprint density at radius 3 is 2.58 bits per heavy atom. The van der Waals surface area contributed by atoms with Crippen molar-refractivity contribution in [2.45, 2.75) is 6.42 Å². The predicted octanol–water partition coefficient (Wildman–Crippen LogP) is 3.27. The maximum atomic E-state index is 11.9. The number of hydrogen-bond donors (Lipinski definition) is 2. The Morgan fingerprint density at radius 1 is 1.19 bits per heavy atom. The molecule has 2 rings (SSSR count). The molecular weight excluding hydrogens is 376 g/mol. The van der Waals surface area contributed by atoms with Crippen molar-refractivity contribution in [3.8, 4) is 5.75 Å². The number of rotatable bonds is 8. The van der Waals surface area contributed by atoms with Gasteiger partial charge in [0.2, 0.25) is 15.9 Å². The van der Waals surface area contributed by atoms with E-state index in [9.17, 15) is 13.2 Å². The van der Waals surface area contributed by atoms with E-state index in [1.807, 2.05) is 18.2 Å². The average Bonchev–Trinajstić information content (AvgIpc) is 2.61. The number of sulfonamides is 1. The number of methoxy groups -OCH3 is 1. The molecule has 0 saturated carbocycles. The molecule has 26 heavy (non-hydrogen) atoms. The molecule has 2 N–H and O–H groups in total. The van der Waals surface area contributed by atoms with Gasteiger partial charge in [0.1, 0.15) is 5.75 Å². The Bertz CT molecular complexity index is 883. The summed E-state index contributed by atoms with van der Waals surface area (Å²) in [5.41, 5.74) is 1.28. The lowest BCUT2D eigenvalue weighted by atomic mass is 10.2. The Labute approximate surface area is 157 Å². The fourth-order valence-corrected chi connectivity index (χ4v) is 3.13. The van der Waals surface area contributed by atoms with Gasteiger partial charge >= 0.3 is 0 Å². The monoisotopic (exact) mass is 394 g/mol. The third kappa shape index (κ3) is 6.51. The zero-order valence-corrected chi connectivity index (χ0v) is 15.7. The van der Waals surface area contributed by atoms with Gasteiger partial charge in [-0.3, -0.25) is 4.79 Å². The quantitative estimate of drug-likeness (QED) is 0.719. The first-order valence-electron chi connectivity index (χ1n) is 7.76. The second-order valence-electron chi connectivity index (χ2n) is 5.30. The zero-order valence-electron chi connectivity index (χ0n) is 14.1. The zero-order chi connectivity index (χ0) is 19.0. The number of ether oxygens (including phenoxy) is 1. The number of halogens is 1. The third-order valence-electron chi connectivity index (χ3n) is 3.33. The molecule has 0 bridgehead atoms. The lowest BCUT2D eigenvalue weighted by molar-refractivity contribution is -0.116. The van der Waals surface area contributed by atoms with Crippen LogP contribution in [-0.4, -0.2) is 28.0 Å². The van der Waals surface area contributed by atoms with Crippen LogP contribution in [0.4, 0.5) is 5.69 Å². The van der Waals surface area contributed by atoms with Gasteiger partial charge in [-0.05, 0) is 29.8 Å². The Balaban J connectivity index is 1.82. The first-order valence-corrected chi connectivity index (χ1v) is 9.68. The predicted molar refractivity (Wildman–Crippen MR) is 104 cm³/mol. The van der Waals surface area contributed by atoms with Crippen LogP contribution in [-0.2, 0) is 14.8 Å². The van der Waals surface area contributed by atoms with Gasteiger partial charge in [0.15, 0.2) is 0 Å². The summed E-state index contributed by atoms with van der Waals surface area (Å²) in [6.45, 7) is -0.0167. The number of amides is 1. The summed E-state index contributed by atoms with van der Waals surface area (Å²) in [5, 5.41) is 4.09. The highest BCUT2D eigenvalue weighted by Gasteiger charge is 2.09. The lowest BCUT2D eigenvalue weighted by Gasteiger charge is -2.08. The molecule has 0 aromatic heterocycles. The van der Waals surface area contributed by atoms with Crippen LogP contribution in [0.3, 0.4) is 0 Å². The minimum absolute atomic E-state index is 0.0118. The molecule has 138 valence electrons. The third-order valence-corrected chi connectivity index (χ3v) is 4.73. The average molecular weight is 395 g/mol. The van der Waals surface area contributed by atoms with Gasteiger partial charge in [-0.25, -0.2) is 13.1 Å². The SMILES string of the molecule is COc1ccc(NC(=O)CCNS(=O)(=O)/C=C/c2ccccc2)cc1Cl. The van der Waals surface area contributed by atoms with Crippen molar-refractivity contribution in [2.75, 3.05) is 19.0 Å². The van der Waals surface area contributed by atoms with Crippen molar-refractivity contribution in [2.24, 2.45) is 0 Å². The second kappa shape index (κ2) is 9.38. The highest BCUT2D eigenvalue weighted by Crippen LogP contribution is 2.27. The molecule has 0 heterocycles. The van der Waals surface area contributed by atoms with E-state index in [0.29, 0.717) is 16.5 Å². The van der Waals surface area contributed by atoms with Crippen LogP contribution >= 0.6 is 11.6 Å². The molecule has 0 fully saturated rings. The highest BCUT2D eigenvalue weighted by atomic mass is 35.5. The maximum Gasteiger partial charge on any atom is 0.233 e. The largest absolute Gasteiger partial charge is 0.495 e. The standard InChI is InChI=1S/C18H19ClN2O4S/c1-25-17-8-7-15(13-16(17)19)21-18(22)9-11-20-26(23,24)12-10-14-5-3-2-4-6-14/h2-8,10,12-13,20H,9,11H2,1H3,(H,21,22)/b12-10+. The van der Waals surface area contributed by atoms with E-state index in [1.54, 1.807) is 30.3 Å². The summed E-state index contributed by atoms with van der Waals surface area (Å²) in [4.78, 5) is 11.9. The number of hydrogen-bond acceptors (Lipinski definition) is 4. The van der Waals surface area contributed by atoms with Crippen LogP contribution in [0.25, 0.3) is 6.08 Å². The highest BCUT2D eigenvalue weighted by molar-refractivity contribution is 7.92. The van der Waals surface area contributed by atoms with Gasteiger partial charge in [-0.15, -0.1) is 0 Å². The van der Waals surface area contributed by atoms with Crippen molar-refractivity contribution in [3.05, 3.63) is 64.5 Å². The van der Waals surface area contributed by atoms with Gasteiger partial charge in [0.05, 0.1) is 12.1 Å². The van der Waals surface area contributed by atoms with Gasteiger partial charge in [0.25, 0.3) is 0 Å². The van der Waals surface area contributed by atoms with Crippen LogP contribution in [0.1, 0.15) is 12.0 Å². The molecule has 0 aliphatic heterocycles. The summed E-state index contributed by atoms with van der Waals surface area (Å²) in [5.74, 6) is 0.170. The molecule has 0 saturated heterocycles. The van der Waals surface area contributed by atoms with E-state index in [0.717, 1.165) is 11.0 Å². The van der Waals surface area contributed by atoms with E-state index in [4.69, 9.17) is 16.3 Å². The van der Waals surface area contributed by atoms with Crippen LogP contribution in [0.5, 0.6) is 5.75 Å². The molecule has 2 aromatic carbocycles. The topological polar surface area (TPSA) is 84.5 Å². The number of carbonyl (C=O) groups is 1. The van der Waals surface area contributed by atoms with Gasteiger partial charge < -0.3 is 10.1 Å². The molecule has 0 unspecified atom stereocenters.